The largest absolute Gasteiger partial charge is 0.465 e. The fourth-order valence-electron chi connectivity index (χ4n) is 5.38. The van der Waals surface area contributed by atoms with Crippen molar-refractivity contribution in [2.75, 3.05) is 50.8 Å². The van der Waals surface area contributed by atoms with Crippen molar-refractivity contribution in [1.82, 2.24) is 15.3 Å². The SMILES string of the molecule is O=C(NO)[C@H]1C(C2CCOC2)N(C(=O)O)CC[C@@H]1C(=O)N1CCN(c2ccccc2)CC1. The maximum atomic E-state index is 13.5. The summed E-state index contributed by atoms with van der Waals surface area (Å²) in [7, 11) is 0. The monoisotopic (exact) mass is 446 g/mol. The summed E-state index contributed by atoms with van der Waals surface area (Å²) < 4.78 is 5.45. The van der Waals surface area contributed by atoms with E-state index in [1.165, 1.54) is 4.90 Å². The lowest BCUT2D eigenvalue weighted by atomic mass is 9.73. The first-order chi connectivity index (χ1) is 15.5. The minimum Gasteiger partial charge on any atom is -0.465 e. The van der Waals surface area contributed by atoms with Crippen LogP contribution < -0.4 is 10.4 Å². The molecule has 174 valence electrons. The van der Waals surface area contributed by atoms with Crippen LogP contribution >= 0.6 is 0 Å². The third-order valence-electron chi connectivity index (χ3n) is 6.98. The van der Waals surface area contributed by atoms with Gasteiger partial charge in [0.25, 0.3) is 0 Å². The summed E-state index contributed by atoms with van der Waals surface area (Å²) in [5, 5.41) is 19.2. The number of hydrogen-bond acceptors (Lipinski definition) is 6. The van der Waals surface area contributed by atoms with E-state index in [0.29, 0.717) is 45.8 Å². The molecule has 0 radical (unpaired) electrons. The van der Waals surface area contributed by atoms with E-state index >= 15 is 0 Å². The second kappa shape index (κ2) is 9.74. The zero-order chi connectivity index (χ0) is 22.7. The van der Waals surface area contributed by atoms with Gasteiger partial charge in [-0.3, -0.25) is 14.8 Å². The van der Waals surface area contributed by atoms with E-state index in [4.69, 9.17) is 4.74 Å². The second-order valence-corrected chi connectivity index (χ2v) is 8.64. The van der Waals surface area contributed by atoms with Crippen molar-refractivity contribution in [2.24, 2.45) is 17.8 Å². The molecule has 10 nitrogen and oxygen atoms in total. The molecular formula is C22H30N4O6. The number of piperidine rings is 1. The Bertz CT molecular complexity index is 823. The fraction of sp³-hybridized carbons (Fsp3) is 0.591. The molecular weight excluding hydrogens is 416 g/mol. The van der Waals surface area contributed by atoms with E-state index in [1.807, 2.05) is 30.3 Å². The summed E-state index contributed by atoms with van der Waals surface area (Å²) in [5.41, 5.74) is 2.79. The highest BCUT2D eigenvalue weighted by molar-refractivity contribution is 5.89. The molecule has 3 heterocycles. The molecule has 1 aromatic carbocycles. The highest BCUT2D eigenvalue weighted by Crippen LogP contribution is 2.38. The number of para-hydroxylation sites is 1. The Balaban J connectivity index is 1.51. The number of likely N-dealkylation sites (tertiary alicyclic amines) is 1. The number of piperazine rings is 1. The molecule has 3 amide bonds. The van der Waals surface area contributed by atoms with E-state index in [9.17, 15) is 24.7 Å². The molecule has 3 aliphatic heterocycles. The summed E-state index contributed by atoms with van der Waals surface area (Å²) >= 11 is 0. The number of benzene rings is 1. The van der Waals surface area contributed by atoms with Crippen LogP contribution in [0.4, 0.5) is 10.5 Å². The van der Waals surface area contributed by atoms with Crippen LogP contribution in [0.3, 0.4) is 0 Å². The molecule has 10 heteroatoms. The lowest BCUT2D eigenvalue weighted by molar-refractivity contribution is -0.152. The number of rotatable bonds is 4. The molecule has 0 spiro atoms. The van der Waals surface area contributed by atoms with Crippen LogP contribution in [-0.4, -0.2) is 90.0 Å². The summed E-state index contributed by atoms with van der Waals surface area (Å²) in [5.74, 6) is -2.71. The smallest absolute Gasteiger partial charge is 0.407 e. The van der Waals surface area contributed by atoms with Gasteiger partial charge in [0.15, 0.2) is 0 Å². The Labute approximate surface area is 186 Å². The van der Waals surface area contributed by atoms with Gasteiger partial charge >= 0.3 is 6.09 Å². The highest BCUT2D eigenvalue weighted by atomic mass is 16.5. The van der Waals surface area contributed by atoms with Crippen LogP contribution in [0.1, 0.15) is 12.8 Å². The number of hydroxylamine groups is 1. The zero-order valence-electron chi connectivity index (χ0n) is 17.9. The fourth-order valence-corrected chi connectivity index (χ4v) is 5.38. The van der Waals surface area contributed by atoms with Crippen molar-refractivity contribution in [3.05, 3.63) is 30.3 Å². The molecule has 0 aromatic heterocycles. The zero-order valence-corrected chi connectivity index (χ0v) is 17.9. The van der Waals surface area contributed by atoms with Gasteiger partial charge in [-0.25, -0.2) is 10.3 Å². The molecule has 0 saturated carbocycles. The van der Waals surface area contributed by atoms with E-state index in [2.05, 4.69) is 4.90 Å². The number of carboxylic acid groups (broad SMARTS) is 1. The van der Waals surface area contributed by atoms with Gasteiger partial charge in [0, 0.05) is 50.9 Å². The topological polar surface area (TPSA) is 123 Å². The molecule has 3 N–H and O–H groups in total. The van der Waals surface area contributed by atoms with E-state index < -0.39 is 29.9 Å². The predicted molar refractivity (Wildman–Crippen MR) is 114 cm³/mol. The van der Waals surface area contributed by atoms with Crippen molar-refractivity contribution >= 4 is 23.6 Å². The molecule has 0 bridgehead atoms. The van der Waals surface area contributed by atoms with Crippen LogP contribution in [0.25, 0.3) is 0 Å². The first kappa shape index (κ1) is 22.3. The van der Waals surface area contributed by atoms with Gasteiger partial charge in [0.2, 0.25) is 11.8 Å². The average molecular weight is 447 g/mol. The Kier molecular flexibility index (Phi) is 6.80. The van der Waals surface area contributed by atoms with E-state index in [1.54, 1.807) is 10.4 Å². The maximum absolute atomic E-state index is 13.5. The van der Waals surface area contributed by atoms with Crippen LogP contribution in [0.2, 0.25) is 0 Å². The molecule has 3 saturated heterocycles. The Hall–Kier alpha value is -2.85. The number of hydrogen-bond donors (Lipinski definition) is 3. The molecule has 3 fully saturated rings. The molecule has 2 unspecified atom stereocenters. The summed E-state index contributed by atoms with van der Waals surface area (Å²) in [4.78, 5) is 43.4. The van der Waals surface area contributed by atoms with Gasteiger partial charge in [-0.15, -0.1) is 0 Å². The van der Waals surface area contributed by atoms with E-state index in [-0.39, 0.29) is 24.8 Å². The van der Waals surface area contributed by atoms with Crippen molar-refractivity contribution in [3.63, 3.8) is 0 Å². The quantitative estimate of drug-likeness (QED) is 0.463. The number of carbonyl (C=O) groups excluding carboxylic acids is 2. The third kappa shape index (κ3) is 4.37. The minimum absolute atomic E-state index is 0.153. The van der Waals surface area contributed by atoms with Crippen molar-refractivity contribution in [3.8, 4) is 0 Å². The lowest BCUT2D eigenvalue weighted by Crippen LogP contribution is -2.62. The maximum Gasteiger partial charge on any atom is 0.407 e. The number of ether oxygens (including phenoxy) is 1. The van der Waals surface area contributed by atoms with Gasteiger partial charge < -0.3 is 24.5 Å². The first-order valence-electron chi connectivity index (χ1n) is 11.1. The minimum atomic E-state index is -1.12. The Morgan fingerprint density at radius 1 is 1.00 bits per heavy atom. The molecule has 1 aromatic rings. The molecule has 4 rings (SSSR count). The predicted octanol–water partition coefficient (Wildman–Crippen LogP) is 0.862. The van der Waals surface area contributed by atoms with Crippen LogP contribution in [0.15, 0.2) is 30.3 Å². The molecule has 32 heavy (non-hydrogen) atoms. The van der Waals surface area contributed by atoms with Gasteiger partial charge in [-0.1, -0.05) is 18.2 Å². The first-order valence-corrected chi connectivity index (χ1v) is 11.1. The van der Waals surface area contributed by atoms with Crippen molar-refractivity contribution < 1.29 is 29.4 Å². The molecule has 4 atom stereocenters. The van der Waals surface area contributed by atoms with Gasteiger partial charge in [-0.05, 0) is 25.0 Å². The molecule has 0 aliphatic carbocycles. The number of anilines is 1. The van der Waals surface area contributed by atoms with E-state index in [0.717, 1.165) is 5.69 Å². The average Bonchev–Trinajstić information content (AvgIpc) is 3.37. The highest BCUT2D eigenvalue weighted by Gasteiger charge is 2.51. The van der Waals surface area contributed by atoms with Crippen molar-refractivity contribution in [2.45, 2.75) is 18.9 Å². The molecule has 3 aliphatic rings. The standard InChI is InChI=1S/C22H30N4O6/c27-20(23-31)18-17(6-8-26(22(29)30)19(18)15-7-13-32-14-15)21(28)25-11-9-24(10-12-25)16-4-2-1-3-5-16/h1-5,15,17-19,31H,6-14H2,(H,23,27)(H,29,30)/t15?,17-,18+,19?/m0/s1. The number of carbonyl (C=O) groups is 3. The van der Waals surface area contributed by atoms with Gasteiger partial charge in [0.05, 0.1) is 24.5 Å². The lowest BCUT2D eigenvalue weighted by Gasteiger charge is -2.46. The third-order valence-corrected chi connectivity index (χ3v) is 6.98. The van der Waals surface area contributed by atoms with Crippen LogP contribution in [-0.2, 0) is 14.3 Å². The summed E-state index contributed by atoms with van der Waals surface area (Å²) in [6, 6.07) is 9.28. The van der Waals surface area contributed by atoms with Crippen LogP contribution in [0.5, 0.6) is 0 Å². The summed E-state index contributed by atoms with van der Waals surface area (Å²) in [6.07, 6.45) is -0.271. The number of amides is 3. The summed E-state index contributed by atoms with van der Waals surface area (Å²) in [6.45, 7) is 3.41. The Morgan fingerprint density at radius 3 is 2.31 bits per heavy atom. The normalized spacial score (nSPS) is 28.5. The number of nitrogens with zero attached hydrogens (tertiary/aromatic N) is 3. The van der Waals surface area contributed by atoms with Crippen LogP contribution in [0, 0.1) is 17.8 Å². The van der Waals surface area contributed by atoms with Gasteiger partial charge in [0.1, 0.15) is 0 Å². The van der Waals surface area contributed by atoms with Crippen molar-refractivity contribution in [1.29, 1.82) is 0 Å². The second-order valence-electron chi connectivity index (χ2n) is 8.64. The number of nitrogens with one attached hydrogen (secondary N) is 1. The Morgan fingerprint density at radius 2 is 1.72 bits per heavy atom. The van der Waals surface area contributed by atoms with Gasteiger partial charge in [-0.2, -0.15) is 0 Å².